The van der Waals surface area contributed by atoms with E-state index >= 15 is 0 Å². The van der Waals surface area contributed by atoms with Gasteiger partial charge >= 0.3 is 0 Å². The summed E-state index contributed by atoms with van der Waals surface area (Å²) in [7, 11) is 0. The lowest BCUT2D eigenvalue weighted by Crippen LogP contribution is -1.95. The lowest BCUT2D eigenvalue weighted by Gasteiger charge is -2.03. The number of benzene rings is 1. The highest BCUT2D eigenvalue weighted by molar-refractivity contribution is 7.98. The molecule has 2 rings (SSSR count). The highest BCUT2D eigenvalue weighted by Crippen LogP contribution is 2.29. The zero-order chi connectivity index (χ0) is 11.5. The van der Waals surface area contributed by atoms with Crippen LogP contribution in [0.3, 0.4) is 0 Å². The van der Waals surface area contributed by atoms with Crippen molar-refractivity contribution in [2.45, 2.75) is 18.4 Å². The first-order valence-corrected chi connectivity index (χ1v) is 6.14. The Hall–Kier alpha value is -1.33. The van der Waals surface area contributed by atoms with Crippen LogP contribution in [0.2, 0.25) is 0 Å². The lowest BCUT2D eigenvalue weighted by atomic mass is 10.1. The summed E-state index contributed by atoms with van der Waals surface area (Å²) in [5.41, 5.74) is 7.64. The van der Waals surface area contributed by atoms with E-state index in [9.17, 15) is 0 Å². The summed E-state index contributed by atoms with van der Waals surface area (Å²) in [6.07, 6.45) is 2.03. The van der Waals surface area contributed by atoms with Gasteiger partial charge in [-0.15, -0.1) is 11.8 Å². The first kappa shape index (κ1) is 11.2. The van der Waals surface area contributed by atoms with Crippen molar-refractivity contribution in [1.82, 2.24) is 10.1 Å². The zero-order valence-corrected chi connectivity index (χ0v) is 10.0. The molecule has 0 fully saturated rings. The number of nitrogens with two attached hydrogens (primary N) is 1. The van der Waals surface area contributed by atoms with E-state index in [1.54, 1.807) is 11.8 Å². The molecule has 0 saturated heterocycles. The molecule has 16 heavy (non-hydrogen) atoms. The van der Waals surface area contributed by atoms with Crippen LogP contribution in [-0.2, 0) is 6.54 Å². The number of aryl methyl sites for hydroxylation is 1. The van der Waals surface area contributed by atoms with Crippen LogP contribution in [0, 0.1) is 6.92 Å². The SMILES string of the molecule is CSc1cc(C)ccc1-c1noc(CN)n1. The van der Waals surface area contributed by atoms with E-state index < -0.39 is 0 Å². The Morgan fingerprint density at radius 2 is 2.25 bits per heavy atom. The fraction of sp³-hybridized carbons (Fsp3) is 0.273. The van der Waals surface area contributed by atoms with Gasteiger partial charge in [0.1, 0.15) is 0 Å². The molecule has 1 aromatic heterocycles. The number of hydrogen-bond donors (Lipinski definition) is 1. The van der Waals surface area contributed by atoms with Crippen LogP contribution < -0.4 is 5.73 Å². The Morgan fingerprint density at radius 1 is 1.44 bits per heavy atom. The molecule has 1 aromatic carbocycles. The predicted octanol–water partition coefficient (Wildman–Crippen LogP) is 2.23. The summed E-state index contributed by atoms with van der Waals surface area (Å²) in [6.45, 7) is 2.33. The fourth-order valence-electron chi connectivity index (χ4n) is 1.43. The Morgan fingerprint density at radius 3 is 2.88 bits per heavy atom. The van der Waals surface area contributed by atoms with E-state index in [-0.39, 0.29) is 6.54 Å². The molecule has 84 valence electrons. The summed E-state index contributed by atoms with van der Waals surface area (Å²) in [6, 6.07) is 6.15. The van der Waals surface area contributed by atoms with E-state index in [0.29, 0.717) is 11.7 Å². The van der Waals surface area contributed by atoms with Gasteiger partial charge in [0, 0.05) is 10.5 Å². The van der Waals surface area contributed by atoms with Crippen molar-refractivity contribution >= 4 is 11.8 Å². The summed E-state index contributed by atoms with van der Waals surface area (Å²) >= 11 is 1.67. The fourth-order valence-corrected chi connectivity index (χ4v) is 2.11. The molecule has 0 bridgehead atoms. The van der Waals surface area contributed by atoms with Crippen molar-refractivity contribution in [3.63, 3.8) is 0 Å². The summed E-state index contributed by atoms with van der Waals surface area (Å²) in [5.74, 6) is 1.06. The van der Waals surface area contributed by atoms with Crippen LogP contribution in [0.4, 0.5) is 0 Å². The van der Waals surface area contributed by atoms with Crippen LogP contribution in [0.25, 0.3) is 11.4 Å². The van der Waals surface area contributed by atoms with Gasteiger partial charge in [-0.1, -0.05) is 11.2 Å². The number of thioether (sulfide) groups is 1. The Kier molecular flexibility index (Phi) is 3.26. The molecule has 0 spiro atoms. The van der Waals surface area contributed by atoms with Crippen molar-refractivity contribution in [3.05, 3.63) is 29.7 Å². The van der Waals surface area contributed by atoms with Gasteiger partial charge in [-0.2, -0.15) is 4.98 Å². The molecule has 2 N–H and O–H groups in total. The molecule has 0 aliphatic carbocycles. The largest absolute Gasteiger partial charge is 0.338 e. The first-order chi connectivity index (χ1) is 7.74. The topological polar surface area (TPSA) is 64.9 Å². The maximum absolute atomic E-state index is 5.43. The minimum absolute atomic E-state index is 0.271. The third-order valence-corrected chi connectivity index (χ3v) is 3.02. The molecular formula is C11H13N3OS. The van der Waals surface area contributed by atoms with Crippen LogP contribution >= 0.6 is 11.8 Å². The van der Waals surface area contributed by atoms with Crippen LogP contribution in [0.15, 0.2) is 27.6 Å². The van der Waals surface area contributed by atoms with E-state index in [4.69, 9.17) is 10.3 Å². The summed E-state index contributed by atoms with van der Waals surface area (Å²) in [5, 5.41) is 3.92. The molecule has 2 aromatic rings. The van der Waals surface area contributed by atoms with Crippen molar-refractivity contribution in [2.24, 2.45) is 5.73 Å². The van der Waals surface area contributed by atoms with Crippen molar-refractivity contribution < 1.29 is 4.52 Å². The lowest BCUT2D eigenvalue weighted by molar-refractivity contribution is 0.380. The smallest absolute Gasteiger partial charge is 0.240 e. The minimum atomic E-state index is 0.271. The molecule has 0 amide bonds. The normalized spacial score (nSPS) is 10.7. The third kappa shape index (κ3) is 2.10. The van der Waals surface area contributed by atoms with E-state index in [1.807, 2.05) is 18.4 Å². The highest BCUT2D eigenvalue weighted by Gasteiger charge is 2.11. The molecular weight excluding hydrogens is 222 g/mol. The van der Waals surface area contributed by atoms with Crippen LogP contribution in [-0.4, -0.2) is 16.4 Å². The predicted molar refractivity (Wildman–Crippen MR) is 64.1 cm³/mol. The maximum atomic E-state index is 5.43. The zero-order valence-electron chi connectivity index (χ0n) is 9.23. The molecule has 0 unspecified atom stereocenters. The van der Waals surface area contributed by atoms with Gasteiger partial charge in [0.15, 0.2) is 0 Å². The Balaban J connectivity index is 2.46. The molecule has 0 atom stereocenters. The second kappa shape index (κ2) is 4.67. The van der Waals surface area contributed by atoms with Gasteiger partial charge < -0.3 is 10.3 Å². The quantitative estimate of drug-likeness (QED) is 0.826. The minimum Gasteiger partial charge on any atom is -0.338 e. The molecule has 0 aliphatic heterocycles. The molecule has 0 aliphatic rings. The number of aromatic nitrogens is 2. The average Bonchev–Trinajstić information content (AvgIpc) is 2.77. The third-order valence-electron chi connectivity index (χ3n) is 2.24. The van der Waals surface area contributed by atoms with Gasteiger partial charge in [0.05, 0.1) is 6.54 Å². The van der Waals surface area contributed by atoms with Crippen molar-refractivity contribution in [3.8, 4) is 11.4 Å². The Bertz CT molecular complexity index is 496. The number of rotatable bonds is 3. The molecule has 0 saturated carbocycles. The summed E-state index contributed by atoms with van der Waals surface area (Å²) < 4.78 is 5.00. The Labute approximate surface area is 98.2 Å². The monoisotopic (exact) mass is 235 g/mol. The molecule has 5 heteroatoms. The summed E-state index contributed by atoms with van der Waals surface area (Å²) in [4.78, 5) is 5.36. The van der Waals surface area contributed by atoms with Gasteiger partial charge in [-0.25, -0.2) is 0 Å². The number of nitrogens with zero attached hydrogens (tertiary/aromatic N) is 2. The van der Waals surface area contributed by atoms with E-state index in [2.05, 4.69) is 23.1 Å². The first-order valence-electron chi connectivity index (χ1n) is 4.92. The van der Waals surface area contributed by atoms with Crippen molar-refractivity contribution in [1.29, 1.82) is 0 Å². The van der Waals surface area contributed by atoms with Crippen molar-refractivity contribution in [2.75, 3.05) is 6.26 Å². The molecule has 4 nitrogen and oxygen atoms in total. The van der Waals surface area contributed by atoms with Gasteiger partial charge in [0.25, 0.3) is 0 Å². The molecule has 1 heterocycles. The molecule has 0 radical (unpaired) electrons. The number of hydrogen-bond acceptors (Lipinski definition) is 5. The van der Waals surface area contributed by atoms with E-state index in [0.717, 1.165) is 10.5 Å². The van der Waals surface area contributed by atoms with Crippen LogP contribution in [0.5, 0.6) is 0 Å². The standard InChI is InChI=1S/C11H13N3OS/c1-7-3-4-8(9(5-7)16-2)11-13-10(6-12)15-14-11/h3-5H,6,12H2,1-2H3. The van der Waals surface area contributed by atoms with Gasteiger partial charge in [-0.3, -0.25) is 0 Å². The van der Waals surface area contributed by atoms with Gasteiger partial charge in [0.2, 0.25) is 11.7 Å². The second-order valence-corrected chi connectivity index (χ2v) is 4.27. The maximum Gasteiger partial charge on any atom is 0.240 e. The highest BCUT2D eigenvalue weighted by atomic mass is 32.2. The van der Waals surface area contributed by atoms with Gasteiger partial charge in [-0.05, 0) is 30.9 Å². The second-order valence-electron chi connectivity index (χ2n) is 3.42. The van der Waals surface area contributed by atoms with E-state index in [1.165, 1.54) is 5.56 Å². The van der Waals surface area contributed by atoms with Crippen LogP contribution in [0.1, 0.15) is 11.5 Å². The average molecular weight is 235 g/mol.